The second kappa shape index (κ2) is 7.64. The van der Waals surface area contributed by atoms with Crippen molar-refractivity contribution in [3.8, 4) is 17.2 Å². The number of benzene rings is 1. The van der Waals surface area contributed by atoms with Crippen LogP contribution in [0, 0.1) is 11.8 Å². The third-order valence-corrected chi connectivity index (χ3v) is 5.70. The van der Waals surface area contributed by atoms with Gasteiger partial charge in [0.05, 0.1) is 20.3 Å². The number of hydrogen-bond donors (Lipinski definition) is 1. The molecule has 0 spiro atoms. The van der Waals surface area contributed by atoms with Crippen LogP contribution in [0.1, 0.15) is 12.8 Å². The monoisotopic (exact) mass is 370 g/mol. The first-order chi connectivity index (χ1) is 13.2. The molecule has 6 heteroatoms. The highest BCUT2D eigenvalue weighted by Gasteiger charge is 2.43. The minimum Gasteiger partial charge on any atom is -0.493 e. The molecular weight excluding hydrogens is 344 g/mol. The second-order valence-electron chi connectivity index (χ2n) is 7.30. The molecule has 1 aromatic carbocycles. The van der Waals surface area contributed by atoms with E-state index in [2.05, 4.69) is 9.88 Å². The van der Waals surface area contributed by atoms with Gasteiger partial charge in [-0.25, -0.2) is 4.98 Å². The van der Waals surface area contributed by atoms with Crippen LogP contribution in [0.25, 0.3) is 0 Å². The Labute approximate surface area is 159 Å². The van der Waals surface area contributed by atoms with Crippen LogP contribution >= 0.6 is 0 Å². The number of fused-ring (bicyclic) bond motifs is 1. The molecule has 0 amide bonds. The van der Waals surface area contributed by atoms with Gasteiger partial charge in [0.15, 0.2) is 23.1 Å². The lowest BCUT2D eigenvalue weighted by Gasteiger charge is -2.35. The summed E-state index contributed by atoms with van der Waals surface area (Å²) in [6.07, 6.45) is 2.63. The van der Waals surface area contributed by atoms with Crippen molar-refractivity contribution in [2.24, 2.45) is 11.8 Å². The predicted octanol–water partition coefficient (Wildman–Crippen LogP) is 2.75. The summed E-state index contributed by atoms with van der Waals surface area (Å²) in [5.41, 5.74) is 0. The molecule has 2 aromatic rings. The van der Waals surface area contributed by atoms with Gasteiger partial charge >= 0.3 is 0 Å². The molecule has 1 saturated carbocycles. The maximum absolute atomic E-state index is 10.7. The van der Waals surface area contributed by atoms with Crippen molar-refractivity contribution in [3.63, 3.8) is 0 Å². The number of hydrogen-bond acceptors (Lipinski definition) is 6. The summed E-state index contributed by atoms with van der Waals surface area (Å²) >= 11 is 0. The maximum atomic E-state index is 10.7. The minimum atomic E-state index is -0.484. The van der Waals surface area contributed by atoms with Gasteiger partial charge in [-0.1, -0.05) is 12.1 Å². The first-order valence-electron chi connectivity index (χ1n) is 9.41. The molecule has 1 N–H and O–H groups in total. The van der Waals surface area contributed by atoms with Gasteiger partial charge in [0.25, 0.3) is 0 Å². The van der Waals surface area contributed by atoms with Crippen LogP contribution in [0.15, 0.2) is 42.6 Å². The number of pyridine rings is 1. The molecule has 2 fully saturated rings. The lowest BCUT2D eigenvalue weighted by molar-refractivity contribution is -0.0240. The number of aliphatic hydroxyl groups excluding tert-OH is 1. The highest BCUT2D eigenvalue weighted by molar-refractivity contribution is 5.53. The molecule has 27 heavy (non-hydrogen) atoms. The molecule has 6 nitrogen and oxygen atoms in total. The molecule has 1 aliphatic carbocycles. The van der Waals surface area contributed by atoms with Crippen LogP contribution < -0.4 is 19.1 Å². The number of anilines is 1. The summed E-state index contributed by atoms with van der Waals surface area (Å²) in [4.78, 5) is 6.78. The molecule has 1 aliphatic heterocycles. The normalized spacial score (nSPS) is 27.1. The van der Waals surface area contributed by atoms with E-state index < -0.39 is 6.10 Å². The van der Waals surface area contributed by atoms with E-state index in [9.17, 15) is 5.11 Å². The molecule has 4 atom stereocenters. The van der Waals surface area contributed by atoms with Gasteiger partial charge in [0.2, 0.25) is 0 Å². The quantitative estimate of drug-likeness (QED) is 0.873. The SMILES string of the molecule is COc1ccccc1O[C@@H]1C[C@@H]2CN(c3ncccc3OC)C[C@@H]2C[C@H]1O. The maximum Gasteiger partial charge on any atom is 0.171 e. The van der Waals surface area contributed by atoms with E-state index >= 15 is 0 Å². The molecule has 4 rings (SSSR count). The minimum absolute atomic E-state index is 0.229. The number of aromatic nitrogens is 1. The standard InChI is InChI=1S/C21H26N2O4/c1-25-17-6-3-4-7-18(17)27-20-11-15-13-23(12-14(15)10-16(20)24)21-19(26-2)8-5-9-22-21/h3-9,14-16,20,24H,10-13H2,1-2H3/t14-,15+,16+,20+/m0/s1. The van der Waals surface area contributed by atoms with Crippen LogP contribution in [-0.2, 0) is 0 Å². The van der Waals surface area contributed by atoms with Gasteiger partial charge in [0, 0.05) is 19.3 Å². The molecule has 0 radical (unpaired) electrons. The Bertz CT molecular complexity index is 784. The summed E-state index contributed by atoms with van der Waals surface area (Å²) in [5.74, 6) is 3.94. The molecular formula is C21H26N2O4. The topological polar surface area (TPSA) is 64.1 Å². The highest BCUT2D eigenvalue weighted by atomic mass is 16.5. The van der Waals surface area contributed by atoms with Gasteiger partial charge in [-0.05, 0) is 48.9 Å². The number of methoxy groups -OCH3 is 2. The van der Waals surface area contributed by atoms with Gasteiger partial charge in [-0.15, -0.1) is 0 Å². The summed E-state index contributed by atoms with van der Waals surface area (Å²) in [7, 11) is 3.30. The third-order valence-electron chi connectivity index (χ3n) is 5.70. The second-order valence-corrected chi connectivity index (χ2v) is 7.30. The van der Waals surface area contributed by atoms with Crippen molar-refractivity contribution in [3.05, 3.63) is 42.6 Å². The Kier molecular flexibility index (Phi) is 5.07. The summed E-state index contributed by atoms with van der Waals surface area (Å²) in [6.45, 7) is 1.78. The summed E-state index contributed by atoms with van der Waals surface area (Å²) < 4.78 is 17.0. The van der Waals surface area contributed by atoms with Gasteiger partial charge in [-0.2, -0.15) is 0 Å². The van der Waals surface area contributed by atoms with E-state index in [1.54, 1.807) is 20.4 Å². The lowest BCUT2D eigenvalue weighted by atomic mass is 9.78. The van der Waals surface area contributed by atoms with Crippen molar-refractivity contribution in [2.75, 3.05) is 32.2 Å². The molecule has 1 saturated heterocycles. The first kappa shape index (κ1) is 17.9. The van der Waals surface area contributed by atoms with Crippen molar-refractivity contribution >= 4 is 5.82 Å². The van der Waals surface area contributed by atoms with E-state index in [1.165, 1.54) is 0 Å². The largest absolute Gasteiger partial charge is 0.493 e. The molecule has 0 bridgehead atoms. The molecule has 2 aliphatic rings. The predicted molar refractivity (Wildman–Crippen MR) is 103 cm³/mol. The average molecular weight is 370 g/mol. The van der Waals surface area contributed by atoms with Crippen LogP contribution in [0.5, 0.6) is 17.2 Å². The van der Waals surface area contributed by atoms with Crippen molar-refractivity contribution in [1.29, 1.82) is 0 Å². The number of nitrogens with zero attached hydrogens (tertiary/aromatic N) is 2. The molecule has 1 aromatic heterocycles. The van der Waals surface area contributed by atoms with Crippen LogP contribution in [0.3, 0.4) is 0 Å². The zero-order valence-corrected chi connectivity index (χ0v) is 15.7. The Balaban J connectivity index is 1.47. The number of rotatable bonds is 5. The van der Waals surface area contributed by atoms with E-state index in [0.717, 1.165) is 37.5 Å². The summed E-state index contributed by atoms with van der Waals surface area (Å²) in [5, 5.41) is 10.7. The number of ether oxygens (including phenoxy) is 3. The van der Waals surface area contributed by atoms with E-state index in [-0.39, 0.29) is 6.10 Å². The van der Waals surface area contributed by atoms with Gasteiger partial charge in [0.1, 0.15) is 6.10 Å². The Morgan fingerprint density at radius 1 is 0.926 bits per heavy atom. The fourth-order valence-corrected chi connectivity index (χ4v) is 4.35. The average Bonchev–Trinajstić information content (AvgIpc) is 3.11. The van der Waals surface area contributed by atoms with Gasteiger partial charge in [-0.3, -0.25) is 0 Å². The first-order valence-corrected chi connectivity index (χ1v) is 9.41. The zero-order chi connectivity index (χ0) is 18.8. The van der Waals surface area contributed by atoms with Crippen molar-refractivity contribution in [1.82, 2.24) is 4.98 Å². The fraction of sp³-hybridized carbons (Fsp3) is 0.476. The molecule has 144 valence electrons. The van der Waals surface area contributed by atoms with Crippen molar-refractivity contribution < 1.29 is 19.3 Å². The Morgan fingerprint density at radius 3 is 2.33 bits per heavy atom. The van der Waals surface area contributed by atoms with Gasteiger partial charge < -0.3 is 24.2 Å². The van der Waals surface area contributed by atoms with Crippen molar-refractivity contribution in [2.45, 2.75) is 25.0 Å². The van der Waals surface area contributed by atoms with Crippen LogP contribution in [0.2, 0.25) is 0 Å². The number of aliphatic hydroxyl groups is 1. The van der Waals surface area contributed by atoms with E-state index in [4.69, 9.17) is 14.2 Å². The molecule has 2 heterocycles. The lowest BCUT2D eigenvalue weighted by Crippen LogP contribution is -2.42. The Hall–Kier alpha value is -2.47. The Morgan fingerprint density at radius 2 is 1.59 bits per heavy atom. The fourth-order valence-electron chi connectivity index (χ4n) is 4.35. The summed E-state index contributed by atoms with van der Waals surface area (Å²) in [6, 6.07) is 11.4. The smallest absolute Gasteiger partial charge is 0.171 e. The molecule has 0 unspecified atom stereocenters. The van der Waals surface area contributed by atoms with Crippen LogP contribution in [0.4, 0.5) is 5.82 Å². The van der Waals surface area contributed by atoms with E-state index in [1.807, 2.05) is 36.4 Å². The van der Waals surface area contributed by atoms with Crippen LogP contribution in [-0.4, -0.2) is 49.6 Å². The highest BCUT2D eigenvalue weighted by Crippen LogP contribution is 2.41. The number of para-hydroxylation sites is 2. The van der Waals surface area contributed by atoms with E-state index in [0.29, 0.717) is 23.3 Å². The third kappa shape index (κ3) is 3.54. The zero-order valence-electron chi connectivity index (χ0n) is 15.7.